The molecule has 0 aromatic heterocycles. The number of hydrogen-bond donors (Lipinski definition) is 2. The zero-order valence-corrected chi connectivity index (χ0v) is 16.4. The zero-order valence-electron chi connectivity index (χ0n) is 15.6. The van der Waals surface area contributed by atoms with Crippen LogP contribution in [-0.4, -0.2) is 19.0 Å². The number of carbonyl (C=O) groups is 1. The molecule has 25 heavy (non-hydrogen) atoms. The van der Waals surface area contributed by atoms with Crippen molar-refractivity contribution in [2.24, 2.45) is 17.8 Å². The summed E-state index contributed by atoms with van der Waals surface area (Å²) >= 11 is 0. The molecule has 2 fully saturated rings. The summed E-state index contributed by atoms with van der Waals surface area (Å²) in [5, 5.41) is 6.70. The first-order valence-corrected chi connectivity index (χ1v) is 9.70. The third-order valence-electron chi connectivity index (χ3n) is 5.33. The third kappa shape index (κ3) is 6.31. The molecular weight excluding hydrogens is 332 g/mol. The highest BCUT2D eigenvalue weighted by molar-refractivity contribution is 5.85. The minimum atomic E-state index is 0. The van der Waals surface area contributed by atoms with Crippen LogP contribution in [-0.2, 0) is 11.2 Å². The van der Waals surface area contributed by atoms with E-state index in [-0.39, 0.29) is 24.4 Å². The number of amides is 1. The molecule has 1 aliphatic heterocycles. The van der Waals surface area contributed by atoms with Crippen LogP contribution in [0.3, 0.4) is 0 Å². The monoisotopic (exact) mass is 364 g/mol. The van der Waals surface area contributed by atoms with Crippen LogP contribution in [0, 0.1) is 17.8 Å². The molecule has 1 amide bonds. The summed E-state index contributed by atoms with van der Waals surface area (Å²) in [5.74, 6) is 2.23. The van der Waals surface area contributed by atoms with Crippen molar-refractivity contribution in [2.45, 2.75) is 58.4 Å². The Kier molecular flexibility index (Phi) is 7.77. The summed E-state index contributed by atoms with van der Waals surface area (Å²) < 4.78 is 0. The molecule has 2 atom stereocenters. The van der Waals surface area contributed by atoms with E-state index >= 15 is 0 Å². The van der Waals surface area contributed by atoms with Crippen LogP contribution in [0.25, 0.3) is 0 Å². The normalized spacial score (nSPS) is 21.0. The molecule has 2 aliphatic rings. The molecule has 2 unspecified atom stereocenters. The highest BCUT2D eigenvalue weighted by atomic mass is 35.5. The molecule has 1 aromatic carbocycles. The lowest BCUT2D eigenvalue weighted by Crippen LogP contribution is -2.30. The first-order chi connectivity index (χ1) is 11.6. The summed E-state index contributed by atoms with van der Waals surface area (Å²) in [6, 6.07) is 9.14. The van der Waals surface area contributed by atoms with Gasteiger partial charge in [-0.3, -0.25) is 4.79 Å². The lowest BCUT2D eigenvalue weighted by molar-refractivity contribution is -0.122. The van der Waals surface area contributed by atoms with Gasteiger partial charge in [0.1, 0.15) is 0 Å². The van der Waals surface area contributed by atoms with E-state index in [9.17, 15) is 4.79 Å². The number of halogens is 1. The van der Waals surface area contributed by atoms with Crippen LogP contribution in [0.15, 0.2) is 24.3 Å². The SMILES string of the molecule is CC(C)Cc1ccc(C(NC(=O)CCC2CCNC2)C2CC2)cc1.Cl. The van der Waals surface area contributed by atoms with E-state index in [1.165, 1.54) is 30.4 Å². The summed E-state index contributed by atoms with van der Waals surface area (Å²) in [6.45, 7) is 6.69. The van der Waals surface area contributed by atoms with Crippen LogP contribution < -0.4 is 10.6 Å². The molecule has 0 spiro atoms. The molecule has 1 saturated carbocycles. The first-order valence-electron chi connectivity index (χ1n) is 9.70. The molecule has 1 aliphatic carbocycles. The number of hydrogen-bond acceptors (Lipinski definition) is 2. The standard InChI is InChI=1S/C21H32N2O.ClH/c1-15(2)13-16-3-6-18(7-4-16)21(19-8-9-19)23-20(24)10-5-17-11-12-22-14-17;/h3-4,6-7,15,17,19,21-22H,5,8-14H2,1-2H3,(H,23,24);1H. The average Bonchev–Trinajstić information content (AvgIpc) is 3.26. The Morgan fingerprint density at radius 1 is 1.20 bits per heavy atom. The largest absolute Gasteiger partial charge is 0.349 e. The molecule has 0 bridgehead atoms. The minimum absolute atomic E-state index is 0. The van der Waals surface area contributed by atoms with Crippen LogP contribution in [0.4, 0.5) is 0 Å². The maximum atomic E-state index is 12.4. The summed E-state index contributed by atoms with van der Waals surface area (Å²) in [4.78, 5) is 12.4. The predicted octanol–water partition coefficient (Wildman–Crippen LogP) is 4.26. The number of rotatable bonds is 8. The van der Waals surface area contributed by atoms with Gasteiger partial charge in [0.25, 0.3) is 0 Å². The van der Waals surface area contributed by atoms with Crippen molar-refractivity contribution in [1.82, 2.24) is 10.6 Å². The van der Waals surface area contributed by atoms with Gasteiger partial charge in [0, 0.05) is 6.42 Å². The second-order valence-corrected chi connectivity index (χ2v) is 8.12. The van der Waals surface area contributed by atoms with Crippen molar-refractivity contribution >= 4 is 18.3 Å². The van der Waals surface area contributed by atoms with E-state index in [0.29, 0.717) is 24.2 Å². The van der Waals surface area contributed by atoms with Crippen LogP contribution in [0.5, 0.6) is 0 Å². The van der Waals surface area contributed by atoms with Crippen molar-refractivity contribution in [3.05, 3.63) is 35.4 Å². The summed E-state index contributed by atoms with van der Waals surface area (Å²) in [6.07, 6.45) is 6.51. The maximum absolute atomic E-state index is 12.4. The van der Waals surface area contributed by atoms with Gasteiger partial charge in [-0.05, 0) is 74.1 Å². The Balaban J connectivity index is 0.00000225. The number of carbonyl (C=O) groups excluding carboxylic acids is 1. The third-order valence-corrected chi connectivity index (χ3v) is 5.33. The van der Waals surface area contributed by atoms with Crippen molar-refractivity contribution in [1.29, 1.82) is 0 Å². The van der Waals surface area contributed by atoms with Gasteiger partial charge in [-0.2, -0.15) is 0 Å². The van der Waals surface area contributed by atoms with E-state index in [0.717, 1.165) is 25.9 Å². The van der Waals surface area contributed by atoms with Crippen molar-refractivity contribution in [3.63, 3.8) is 0 Å². The smallest absolute Gasteiger partial charge is 0.220 e. The molecule has 2 N–H and O–H groups in total. The molecule has 3 nitrogen and oxygen atoms in total. The van der Waals surface area contributed by atoms with Gasteiger partial charge in [-0.25, -0.2) is 0 Å². The highest BCUT2D eigenvalue weighted by Crippen LogP contribution is 2.41. The molecule has 0 radical (unpaired) electrons. The van der Waals surface area contributed by atoms with E-state index in [2.05, 4.69) is 48.7 Å². The Bertz CT molecular complexity index is 533. The molecule has 1 aromatic rings. The summed E-state index contributed by atoms with van der Waals surface area (Å²) in [5.41, 5.74) is 2.67. The van der Waals surface area contributed by atoms with Gasteiger partial charge in [0.15, 0.2) is 0 Å². The minimum Gasteiger partial charge on any atom is -0.349 e. The van der Waals surface area contributed by atoms with Gasteiger partial charge in [-0.1, -0.05) is 38.1 Å². The van der Waals surface area contributed by atoms with Crippen LogP contribution in [0.2, 0.25) is 0 Å². The highest BCUT2D eigenvalue weighted by Gasteiger charge is 2.33. The second-order valence-electron chi connectivity index (χ2n) is 8.12. The maximum Gasteiger partial charge on any atom is 0.220 e. The van der Waals surface area contributed by atoms with E-state index < -0.39 is 0 Å². The fourth-order valence-electron chi connectivity index (χ4n) is 3.78. The fourth-order valence-corrected chi connectivity index (χ4v) is 3.78. The van der Waals surface area contributed by atoms with E-state index in [4.69, 9.17) is 0 Å². The van der Waals surface area contributed by atoms with Gasteiger partial charge >= 0.3 is 0 Å². The number of nitrogens with one attached hydrogen (secondary N) is 2. The molecule has 4 heteroatoms. The zero-order chi connectivity index (χ0) is 16.9. The Hall–Kier alpha value is -1.06. The molecule has 140 valence electrons. The fraction of sp³-hybridized carbons (Fsp3) is 0.667. The Morgan fingerprint density at radius 2 is 1.92 bits per heavy atom. The first kappa shape index (κ1) is 20.3. The van der Waals surface area contributed by atoms with Gasteiger partial charge in [0.2, 0.25) is 5.91 Å². The molecule has 1 saturated heterocycles. The Morgan fingerprint density at radius 3 is 2.48 bits per heavy atom. The lowest BCUT2D eigenvalue weighted by atomic mass is 9.97. The van der Waals surface area contributed by atoms with Gasteiger partial charge in [-0.15, -0.1) is 12.4 Å². The van der Waals surface area contributed by atoms with Gasteiger partial charge < -0.3 is 10.6 Å². The van der Waals surface area contributed by atoms with E-state index in [1.54, 1.807) is 0 Å². The Labute approximate surface area is 158 Å². The predicted molar refractivity (Wildman–Crippen MR) is 106 cm³/mol. The molecule has 1 heterocycles. The van der Waals surface area contributed by atoms with Crippen LogP contribution >= 0.6 is 12.4 Å². The quantitative estimate of drug-likeness (QED) is 0.723. The van der Waals surface area contributed by atoms with E-state index in [1.807, 2.05) is 0 Å². The topological polar surface area (TPSA) is 41.1 Å². The number of benzene rings is 1. The lowest BCUT2D eigenvalue weighted by Gasteiger charge is -2.20. The van der Waals surface area contributed by atoms with Gasteiger partial charge in [0.05, 0.1) is 6.04 Å². The second kappa shape index (κ2) is 9.59. The van der Waals surface area contributed by atoms with Crippen molar-refractivity contribution < 1.29 is 4.79 Å². The van der Waals surface area contributed by atoms with Crippen LogP contribution in [0.1, 0.15) is 63.1 Å². The van der Waals surface area contributed by atoms with Crippen molar-refractivity contribution in [3.8, 4) is 0 Å². The molecule has 3 rings (SSSR count). The molecular formula is C21H33ClN2O. The van der Waals surface area contributed by atoms with Crippen molar-refractivity contribution in [2.75, 3.05) is 13.1 Å². The summed E-state index contributed by atoms with van der Waals surface area (Å²) in [7, 11) is 0. The average molecular weight is 365 g/mol.